The Morgan fingerprint density at radius 1 is 0.414 bits per heavy atom. The number of carbonyl (C=O) groups excluding carboxylic acids is 2. The molecular formula is C40H58I2N2O14. The number of nitrogens with zero attached hydrogens (tertiary/aromatic N) is 2. The molecule has 2 fully saturated rings. The number of halogens is 2. The fraction of sp³-hybridized carbons (Fsp3) is 0.650. The molecule has 0 bridgehead atoms. The molecule has 2 heterocycles. The van der Waals surface area contributed by atoms with Gasteiger partial charge in [-0.15, -0.1) is 0 Å². The Bertz CT molecular complexity index is 1300. The smallest absolute Gasteiger partial charge is 0.260 e. The van der Waals surface area contributed by atoms with E-state index in [4.69, 9.17) is 56.8 Å². The number of carbonyl (C=O) groups is 2. The summed E-state index contributed by atoms with van der Waals surface area (Å²) in [5, 5.41) is 0. The van der Waals surface area contributed by atoms with Crippen LogP contribution in [0.3, 0.4) is 0 Å². The van der Waals surface area contributed by atoms with Crippen LogP contribution in [0.1, 0.15) is 0 Å². The topological polar surface area (TPSA) is 151 Å². The SMILES string of the molecule is O=C(COc1cc(-c2ccc(I)c(OCC(=O)N3CCOCCOCCOCCOCCOCC3)c2)ccc1I)N1CCOCCOCCOCCOCCOCC1. The summed E-state index contributed by atoms with van der Waals surface area (Å²) in [5.41, 5.74) is 1.74. The molecule has 18 heteroatoms. The monoisotopic (exact) mass is 1040 g/mol. The van der Waals surface area contributed by atoms with Crippen LogP contribution in [0.4, 0.5) is 0 Å². The maximum absolute atomic E-state index is 13.4. The number of hydrogen-bond acceptors (Lipinski definition) is 14. The van der Waals surface area contributed by atoms with Crippen molar-refractivity contribution in [1.82, 2.24) is 9.80 Å². The predicted octanol–water partition coefficient (Wildman–Crippen LogP) is 3.17. The predicted molar refractivity (Wildman–Crippen MR) is 230 cm³/mol. The van der Waals surface area contributed by atoms with Gasteiger partial charge in [0.15, 0.2) is 13.2 Å². The van der Waals surface area contributed by atoms with Crippen molar-refractivity contribution in [1.29, 1.82) is 0 Å². The Kier molecular flexibility index (Phi) is 26.0. The second kappa shape index (κ2) is 31.0. The Labute approximate surface area is 368 Å². The molecule has 0 atom stereocenters. The maximum atomic E-state index is 13.4. The van der Waals surface area contributed by atoms with Crippen molar-refractivity contribution in [3.05, 3.63) is 43.5 Å². The van der Waals surface area contributed by atoms with E-state index in [9.17, 15) is 9.59 Å². The lowest BCUT2D eigenvalue weighted by Crippen LogP contribution is -2.40. The molecule has 2 aromatic rings. The zero-order valence-electron chi connectivity index (χ0n) is 33.2. The van der Waals surface area contributed by atoms with Crippen molar-refractivity contribution in [2.24, 2.45) is 0 Å². The molecule has 0 unspecified atom stereocenters. The average molecular weight is 1040 g/mol. The zero-order valence-corrected chi connectivity index (χ0v) is 37.5. The third-order valence-corrected chi connectivity index (χ3v) is 10.4. The van der Waals surface area contributed by atoms with E-state index in [2.05, 4.69) is 45.2 Å². The van der Waals surface area contributed by atoms with Crippen molar-refractivity contribution in [2.75, 3.05) is 172 Å². The van der Waals surface area contributed by atoms with Crippen LogP contribution in [0.25, 0.3) is 11.1 Å². The van der Waals surface area contributed by atoms with E-state index in [1.807, 2.05) is 36.4 Å². The van der Waals surface area contributed by atoms with Gasteiger partial charge in [-0.25, -0.2) is 0 Å². The second-order valence-electron chi connectivity index (χ2n) is 12.8. The first kappa shape index (κ1) is 48.7. The molecular weight excluding hydrogens is 986 g/mol. The second-order valence-corrected chi connectivity index (χ2v) is 15.1. The molecule has 2 aliphatic heterocycles. The number of benzene rings is 2. The molecule has 2 amide bonds. The van der Waals surface area contributed by atoms with E-state index in [1.165, 1.54) is 0 Å². The fourth-order valence-corrected chi connectivity index (χ4v) is 6.42. The van der Waals surface area contributed by atoms with Gasteiger partial charge in [-0.2, -0.15) is 0 Å². The third kappa shape index (κ3) is 20.5. The van der Waals surface area contributed by atoms with Crippen molar-refractivity contribution in [3.8, 4) is 22.6 Å². The Morgan fingerprint density at radius 3 is 0.914 bits per heavy atom. The summed E-state index contributed by atoms with van der Waals surface area (Å²) in [5.74, 6) is 0.785. The van der Waals surface area contributed by atoms with Crippen LogP contribution in [0.15, 0.2) is 36.4 Å². The number of ether oxygens (including phenoxy) is 12. The molecule has 2 aromatic carbocycles. The highest BCUT2D eigenvalue weighted by atomic mass is 127. The van der Waals surface area contributed by atoms with Gasteiger partial charge in [0.25, 0.3) is 11.8 Å². The van der Waals surface area contributed by atoms with Crippen LogP contribution in [0.5, 0.6) is 11.5 Å². The molecule has 2 saturated heterocycles. The summed E-state index contributed by atoms with van der Waals surface area (Å²) >= 11 is 4.40. The van der Waals surface area contributed by atoms with Crippen molar-refractivity contribution < 1.29 is 66.4 Å². The molecule has 58 heavy (non-hydrogen) atoms. The molecule has 326 valence electrons. The number of hydrogen-bond donors (Lipinski definition) is 0. The quantitative estimate of drug-likeness (QED) is 0.374. The van der Waals surface area contributed by atoms with Crippen molar-refractivity contribution >= 4 is 57.0 Å². The lowest BCUT2D eigenvalue weighted by molar-refractivity contribution is -0.135. The molecule has 0 N–H and O–H groups in total. The van der Waals surface area contributed by atoms with Crippen LogP contribution < -0.4 is 9.47 Å². The summed E-state index contributed by atoms with van der Waals surface area (Å²) in [4.78, 5) is 30.2. The van der Waals surface area contributed by atoms with Crippen LogP contribution >= 0.6 is 45.2 Å². The minimum atomic E-state index is -0.182. The van der Waals surface area contributed by atoms with E-state index >= 15 is 0 Å². The molecule has 16 nitrogen and oxygen atoms in total. The molecule has 0 aromatic heterocycles. The Hall–Kier alpha value is -1.96. The van der Waals surface area contributed by atoms with Gasteiger partial charge in [0.05, 0.1) is 139 Å². The van der Waals surface area contributed by atoms with Gasteiger partial charge in [-0.05, 0) is 80.6 Å². The van der Waals surface area contributed by atoms with Gasteiger partial charge in [-0.1, -0.05) is 12.1 Å². The van der Waals surface area contributed by atoms with Crippen LogP contribution in [0.2, 0.25) is 0 Å². The first-order valence-corrected chi connectivity index (χ1v) is 21.8. The van der Waals surface area contributed by atoms with Gasteiger partial charge in [0.2, 0.25) is 0 Å². The summed E-state index contributed by atoms with van der Waals surface area (Å²) in [7, 11) is 0. The fourth-order valence-electron chi connectivity index (χ4n) is 5.43. The molecule has 0 spiro atoms. The van der Waals surface area contributed by atoms with E-state index in [-0.39, 0.29) is 25.0 Å². The molecule has 0 aliphatic carbocycles. The maximum Gasteiger partial charge on any atom is 0.260 e. The molecule has 0 saturated carbocycles. The Balaban J connectivity index is 1.31. The zero-order chi connectivity index (χ0) is 40.9. The molecule has 4 rings (SSSR count). The summed E-state index contributed by atoms with van der Waals surface area (Å²) < 4.78 is 69.9. The van der Waals surface area contributed by atoms with Gasteiger partial charge in [-0.3, -0.25) is 9.59 Å². The number of amides is 2. The van der Waals surface area contributed by atoms with Gasteiger partial charge in [0.1, 0.15) is 11.5 Å². The molecule has 2 aliphatic rings. The first-order valence-electron chi connectivity index (χ1n) is 19.7. The van der Waals surface area contributed by atoms with Gasteiger partial charge in [0, 0.05) is 26.2 Å². The van der Waals surface area contributed by atoms with E-state index in [0.29, 0.717) is 170 Å². The average Bonchev–Trinajstić information content (AvgIpc) is 3.22. The highest BCUT2D eigenvalue weighted by Gasteiger charge is 2.18. The van der Waals surface area contributed by atoms with Crippen LogP contribution in [-0.4, -0.2) is 193 Å². The number of rotatable bonds is 7. The summed E-state index contributed by atoms with van der Waals surface area (Å²) in [6, 6.07) is 11.7. The standard InChI is InChI=1S/C40H58I2N2O14/c41-35-3-1-33(29-37(35)57-31-39(45)43-5-9-47-13-17-51-21-25-55-26-22-52-18-14-48-10-6-43)34-2-4-36(42)38(30-34)58-32-40(46)44-7-11-49-15-19-53-23-27-56-28-24-54-20-16-50-12-8-44/h1-4,29-30H,5-28,31-32H2. The van der Waals surface area contributed by atoms with Crippen molar-refractivity contribution in [3.63, 3.8) is 0 Å². The molecule has 0 radical (unpaired) electrons. The lowest BCUT2D eigenvalue weighted by atomic mass is 10.1. The van der Waals surface area contributed by atoms with E-state index in [0.717, 1.165) is 18.3 Å². The highest BCUT2D eigenvalue weighted by molar-refractivity contribution is 14.1. The first-order chi connectivity index (χ1) is 28.5. The largest absolute Gasteiger partial charge is 0.483 e. The van der Waals surface area contributed by atoms with Crippen LogP contribution in [0, 0.1) is 7.14 Å². The minimum absolute atomic E-state index is 0.154. The lowest BCUT2D eigenvalue weighted by Gasteiger charge is -2.23. The normalized spacial score (nSPS) is 19.5. The minimum Gasteiger partial charge on any atom is -0.483 e. The van der Waals surface area contributed by atoms with Gasteiger partial charge >= 0.3 is 0 Å². The third-order valence-electron chi connectivity index (χ3n) is 8.60. The summed E-state index contributed by atoms with van der Waals surface area (Å²) in [6.45, 7) is 9.96. The van der Waals surface area contributed by atoms with Gasteiger partial charge < -0.3 is 66.6 Å². The van der Waals surface area contributed by atoms with E-state index < -0.39 is 0 Å². The summed E-state index contributed by atoms with van der Waals surface area (Å²) in [6.07, 6.45) is 0. The highest BCUT2D eigenvalue weighted by Crippen LogP contribution is 2.32. The van der Waals surface area contributed by atoms with Crippen molar-refractivity contribution in [2.45, 2.75) is 0 Å². The Morgan fingerprint density at radius 2 is 0.655 bits per heavy atom. The van der Waals surface area contributed by atoms with E-state index in [1.54, 1.807) is 9.80 Å². The van der Waals surface area contributed by atoms with Crippen LogP contribution in [-0.2, 0) is 57.0 Å².